The molecule has 7 heteroatoms. The average molecular weight is 268 g/mol. The van der Waals surface area contributed by atoms with Gasteiger partial charge in [-0.05, 0) is 19.1 Å². The molecule has 0 saturated heterocycles. The predicted octanol–water partition coefficient (Wildman–Crippen LogP) is 1.07. The van der Waals surface area contributed by atoms with Crippen LogP contribution in [-0.4, -0.2) is 24.9 Å². The molecule has 3 N–H and O–H groups in total. The van der Waals surface area contributed by atoms with Gasteiger partial charge in [-0.3, -0.25) is 0 Å². The number of hydrogen-bond acceptors (Lipinski definition) is 3. The number of benzene rings is 1. The molecular weight excluding hydrogens is 252 g/mol. The summed E-state index contributed by atoms with van der Waals surface area (Å²) >= 11 is 0. The molecule has 0 spiro atoms. The summed E-state index contributed by atoms with van der Waals surface area (Å²) in [5, 5.41) is 0. The summed E-state index contributed by atoms with van der Waals surface area (Å²) in [5.41, 5.74) is 1.71. The third-order valence-electron chi connectivity index (χ3n) is 2.48. The number of para-hydroxylation sites is 2. The number of imidazole rings is 1. The van der Waals surface area contributed by atoms with E-state index < -0.39 is 16.3 Å². The molecule has 1 aromatic heterocycles. The Labute approximate surface area is 106 Å². The zero-order valence-electron chi connectivity index (χ0n) is 10.3. The minimum atomic E-state index is -3.48. The highest BCUT2D eigenvalue weighted by Gasteiger charge is 2.17. The van der Waals surface area contributed by atoms with Crippen LogP contribution in [0.3, 0.4) is 0 Å². The van der Waals surface area contributed by atoms with Crippen LogP contribution in [0, 0.1) is 0 Å². The Morgan fingerprint density at radius 3 is 2.78 bits per heavy atom. The van der Waals surface area contributed by atoms with E-state index in [2.05, 4.69) is 19.4 Å². The van der Waals surface area contributed by atoms with Crippen molar-refractivity contribution in [2.45, 2.75) is 19.9 Å². The van der Waals surface area contributed by atoms with Crippen molar-refractivity contribution in [3.05, 3.63) is 30.1 Å². The van der Waals surface area contributed by atoms with E-state index in [1.807, 2.05) is 24.3 Å². The maximum Gasteiger partial charge on any atom is 0.277 e. The minimum absolute atomic E-state index is 0.349. The Hall–Kier alpha value is -1.44. The first-order valence-corrected chi connectivity index (χ1v) is 7.21. The van der Waals surface area contributed by atoms with Gasteiger partial charge in [0.2, 0.25) is 0 Å². The number of aromatic nitrogens is 2. The van der Waals surface area contributed by atoms with Crippen LogP contribution >= 0.6 is 0 Å². The average Bonchev–Trinajstić information content (AvgIpc) is 2.71. The molecular formula is C11H16N4O2S. The standard InChI is InChI=1S/C11H16N4O2S/c1-3-12-18(16,17)15-8(2)11-13-9-6-4-5-7-10(9)14-11/h4-8,12,15H,3H2,1-2H3,(H,13,14). The molecule has 0 fully saturated rings. The fraction of sp³-hybridized carbons (Fsp3) is 0.364. The van der Waals surface area contributed by atoms with Gasteiger partial charge in [0.05, 0.1) is 17.1 Å². The van der Waals surface area contributed by atoms with Gasteiger partial charge in [0.1, 0.15) is 5.82 Å². The number of rotatable bonds is 5. The van der Waals surface area contributed by atoms with E-state index in [-0.39, 0.29) is 0 Å². The van der Waals surface area contributed by atoms with Crippen molar-refractivity contribution >= 4 is 21.2 Å². The van der Waals surface area contributed by atoms with E-state index in [9.17, 15) is 8.42 Å². The second-order valence-corrected chi connectivity index (χ2v) is 5.51. The number of fused-ring (bicyclic) bond motifs is 1. The third-order valence-corrected chi connectivity index (χ3v) is 3.82. The summed E-state index contributed by atoms with van der Waals surface area (Å²) < 4.78 is 28.0. The van der Waals surface area contributed by atoms with Crippen LogP contribution < -0.4 is 9.44 Å². The molecule has 0 bridgehead atoms. The van der Waals surface area contributed by atoms with Crippen molar-refractivity contribution in [3.63, 3.8) is 0 Å². The molecule has 6 nitrogen and oxygen atoms in total. The first-order valence-electron chi connectivity index (χ1n) is 5.73. The summed E-state index contributed by atoms with van der Waals surface area (Å²) in [6.07, 6.45) is 0. The molecule has 98 valence electrons. The summed E-state index contributed by atoms with van der Waals surface area (Å²) in [5.74, 6) is 0.595. The van der Waals surface area contributed by atoms with Crippen LogP contribution in [0.5, 0.6) is 0 Å². The van der Waals surface area contributed by atoms with Gasteiger partial charge in [0.25, 0.3) is 10.2 Å². The van der Waals surface area contributed by atoms with Gasteiger partial charge in [-0.25, -0.2) is 9.71 Å². The Morgan fingerprint density at radius 2 is 2.11 bits per heavy atom. The summed E-state index contributed by atoms with van der Waals surface area (Å²) in [6, 6.07) is 7.15. The first-order chi connectivity index (χ1) is 8.52. The Morgan fingerprint density at radius 1 is 1.39 bits per heavy atom. The molecule has 0 radical (unpaired) electrons. The zero-order chi connectivity index (χ0) is 13.2. The molecule has 0 amide bonds. The highest BCUT2D eigenvalue weighted by Crippen LogP contribution is 2.15. The van der Waals surface area contributed by atoms with Crippen LogP contribution in [0.25, 0.3) is 11.0 Å². The third kappa shape index (κ3) is 2.87. The Balaban J connectivity index is 2.21. The molecule has 0 aliphatic carbocycles. The molecule has 0 aliphatic heterocycles. The van der Waals surface area contributed by atoms with E-state index in [4.69, 9.17) is 0 Å². The quantitative estimate of drug-likeness (QED) is 0.758. The maximum absolute atomic E-state index is 11.6. The second-order valence-electron chi connectivity index (χ2n) is 3.98. The molecule has 1 heterocycles. The predicted molar refractivity (Wildman–Crippen MR) is 70.2 cm³/mol. The lowest BCUT2D eigenvalue weighted by Gasteiger charge is -2.11. The van der Waals surface area contributed by atoms with Crippen LogP contribution in [0.1, 0.15) is 25.7 Å². The lowest BCUT2D eigenvalue weighted by Crippen LogP contribution is -2.38. The fourth-order valence-corrected chi connectivity index (χ4v) is 2.74. The molecule has 1 atom stereocenters. The van der Waals surface area contributed by atoms with Crippen molar-refractivity contribution < 1.29 is 8.42 Å². The number of nitrogens with zero attached hydrogens (tertiary/aromatic N) is 1. The molecule has 1 unspecified atom stereocenters. The summed E-state index contributed by atoms with van der Waals surface area (Å²) in [6.45, 7) is 3.82. The van der Waals surface area contributed by atoms with Gasteiger partial charge in [0.15, 0.2) is 0 Å². The SMILES string of the molecule is CCNS(=O)(=O)NC(C)c1nc2ccccc2[nH]1. The van der Waals surface area contributed by atoms with Gasteiger partial charge in [-0.2, -0.15) is 13.1 Å². The topological polar surface area (TPSA) is 86.9 Å². The molecule has 18 heavy (non-hydrogen) atoms. The van der Waals surface area contributed by atoms with Gasteiger partial charge in [-0.15, -0.1) is 0 Å². The van der Waals surface area contributed by atoms with Crippen molar-refractivity contribution in [3.8, 4) is 0 Å². The highest BCUT2D eigenvalue weighted by molar-refractivity contribution is 7.87. The molecule has 2 aromatic rings. The van der Waals surface area contributed by atoms with E-state index in [1.165, 1.54) is 0 Å². The first kappa shape index (κ1) is 13.0. The smallest absolute Gasteiger partial charge is 0.277 e. The molecule has 1 aromatic carbocycles. The minimum Gasteiger partial charge on any atom is -0.341 e. The Kier molecular flexibility index (Phi) is 3.65. The lowest BCUT2D eigenvalue weighted by molar-refractivity contribution is 0.549. The van der Waals surface area contributed by atoms with Crippen LogP contribution in [0.4, 0.5) is 0 Å². The van der Waals surface area contributed by atoms with Crippen molar-refractivity contribution in [2.75, 3.05) is 6.54 Å². The largest absolute Gasteiger partial charge is 0.341 e. The summed E-state index contributed by atoms with van der Waals surface area (Å²) in [7, 11) is -3.48. The highest BCUT2D eigenvalue weighted by atomic mass is 32.2. The number of nitrogens with one attached hydrogen (secondary N) is 3. The second kappa shape index (κ2) is 5.05. The van der Waals surface area contributed by atoms with E-state index in [1.54, 1.807) is 13.8 Å². The molecule has 0 saturated carbocycles. The van der Waals surface area contributed by atoms with E-state index in [0.29, 0.717) is 12.4 Å². The van der Waals surface area contributed by atoms with Crippen LogP contribution in [0.2, 0.25) is 0 Å². The molecule has 2 rings (SSSR count). The number of H-pyrrole nitrogens is 1. The van der Waals surface area contributed by atoms with Gasteiger partial charge < -0.3 is 4.98 Å². The van der Waals surface area contributed by atoms with E-state index >= 15 is 0 Å². The van der Waals surface area contributed by atoms with Gasteiger partial charge >= 0.3 is 0 Å². The normalized spacial score (nSPS) is 13.9. The number of aromatic amines is 1. The zero-order valence-corrected chi connectivity index (χ0v) is 11.1. The number of hydrogen-bond donors (Lipinski definition) is 3. The van der Waals surface area contributed by atoms with Gasteiger partial charge in [-0.1, -0.05) is 19.1 Å². The van der Waals surface area contributed by atoms with Crippen molar-refractivity contribution in [1.29, 1.82) is 0 Å². The van der Waals surface area contributed by atoms with Crippen molar-refractivity contribution in [1.82, 2.24) is 19.4 Å². The van der Waals surface area contributed by atoms with Crippen molar-refractivity contribution in [2.24, 2.45) is 0 Å². The fourth-order valence-electron chi connectivity index (χ4n) is 1.70. The van der Waals surface area contributed by atoms with Gasteiger partial charge in [0, 0.05) is 6.54 Å². The lowest BCUT2D eigenvalue weighted by atomic mass is 10.3. The van der Waals surface area contributed by atoms with Crippen LogP contribution in [0.15, 0.2) is 24.3 Å². The van der Waals surface area contributed by atoms with Crippen LogP contribution in [-0.2, 0) is 10.2 Å². The maximum atomic E-state index is 11.6. The van der Waals surface area contributed by atoms with E-state index in [0.717, 1.165) is 11.0 Å². The summed E-state index contributed by atoms with van der Waals surface area (Å²) in [4.78, 5) is 7.44. The Bertz CT molecular complexity index is 602. The monoisotopic (exact) mass is 268 g/mol. The molecule has 0 aliphatic rings.